The summed E-state index contributed by atoms with van der Waals surface area (Å²) in [6.45, 7) is 4.64. The largest absolute Gasteiger partial charge is 0.488 e. The highest BCUT2D eigenvalue weighted by atomic mass is 19.1. The van der Waals surface area contributed by atoms with Gasteiger partial charge in [0.1, 0.15) is 18.2 Å². The third-order valence-corrected chi connectivity index (χ3v) is 4.36. The number of H-pyrrole nitrogens is 1. The first-order valence-electron chi connectivity index (χ1n) is 8.32. The number of nitrogens with zero attached hydrogens (tertiary/aromatic N) is 1. The second-order valence-corrected chi connectivity index (χ2v) is 6.05. The Morgan fingerprint density at radius 1 is 1.12 bits per heavy atom. The molecule has 0 bridgehead atoms. The Kier molecular flexibility index (Phi) is 5.16. The molecule has 126 valence electrons. The molecule has 3 rings (SSSR count). The van der Waals surface area contributed by atoms with Crippen LogP contribution >= 0.6 is 0 Å². The molecule has 0 atom stereocenters. The third-order valence-electron chi connectivity index (χ3n) is 4.36. The Hall–Kier alpha value is -2.33. The fourth-order valence-corrected chi connectivity index (χ4v) is 2.75. The van der Waals surface area contributed by atoms with Crippen molar-refractivity contribution in [3.8, 4) is 5.75 Å². The maximum absolute atomic E-state index is 13.0. The van der Waals surface area contributed by atoms with Crippen LogP contribution in [-0.4, -0.2) is 30.0 Å². The number of halogens is 1. The van der Waals surface area contributed by atoms with E-state index >= 15 is 0 Å². The van der Waals surface area contributed by atoms with Crippen LogP contribution in [0.25, 0.3) is 10.9 Å². The van der Waals surface area contributed by atoms with E-state index in [4.69, 9.17) is 4.74 Å². The lowest BCUT2D eigenvalue weighted by atomic mass is 10.1. The van der Waals surface area contributed by atoms with Gasteiger partial charge < -0.3 is 14.6 Å². The van der Waals surface area contributed by atoms with Crippen molar-refractivity contribution in [2.45, 2.75) is 20.0 Å². The Morgan fingerprint density at radius 2 is 1.92 bits per heavy atom. The number of hydrogen-bond donors (Lipinski definition) is 1. The molecule has 0 aliphatic heterocycles. The lowest BCUT2D eigenvalue weighted by Crippen LogP contribution is -2.20. The normalized spacial score (nSPS) is 11.3. The summed E-state index contributed by atoms with van der Waals surface area (Å²) in [5, 5.41) is 1.14. The number of ether oxygens (including phenoxy) is 1. The van der Waals surface area contributed by atoms with Crippen molar-refractivity contribution in [1.82, 2.24) is 9.88 Å². The highest BCUT2D eigenvalue weighted by Crippen LogP contribution is 2.29. The van der Waals surface area contributed by atoms with E-state index < -0.39 is 0 Å². The molecule has 0 spiro atoms. The molecule has 0 saturated heterocycles. The van der Waals surface area contributed by atoms with Crippen LogP contribution < -0.4 is 4.74 Å². The lowest BCUT2D eigenvalue weighted by molar-refractivity contribution is 0.309. The molecule has 1 aromatic heterocycles. The summed E-state index contributed by atoms with van der Waals surface area (Å²) in [6, 6.07) is 12.5. The van der Waals surface area contributed by atoms with Crippen molar-refractivity contribution in [2.24, 2.45) is 0 Å². The van der Waals surface area contributed by atoms with Crippen LogP contribution in [0.3, 0.4) is 0 Å². The van der Waals surface area contributed by atoms with Gasteiger partial charge in [0.05, 0.1) is 0 Å². The van der Waals surface area contributed by atoms with Crippen molar-refractivity contribution in [1.29, 1.82) is 0 Å². The fourth-order valence-electron chi connectivity index (χ4n) is 2.75. The van der Waals surface area contributed by atoms with E-state index in [1.54, 1.807) is 12.1 Å². The van der Waals surface area contributed by atoms with E-state index in [-0.39, 0.29) is 5.82 Å². The van der Waals surface area contributed by atoms with Gasteiger partial charge in [0.2, 0.25) is 0 Å². The zero-order valence-electron chi connectivity index (χ0n) is 14.2. The lowest BCUT2D eigenvalue weighted by Gasteiger charge is -2.14. The Balaban J connectivity index is 1.79. The van der Waals surface area contributed by atoms with E-state index in [1.165, 1.54) is 17.7 Å². The number of benzene rings is 2. The van der Waals surface area contributed by atoms with Gasteiger partial charge in [-0.3, -0.25) is 0 Å². The summed E-state index contributed by atoms with van der Waals surface area (Å²) in [6.07, 6.45) is 3.04. The molecular weight excluding hydrogens is 303 g/mol. The Labute approximate surface area is 142 Å². The van der Waals surface area contributed by atoms with Gasteiger partial charge in [-0.05, 0) is 55.4 Å². The second kappa shape index (κ2) is 7.49. The molecule has 0 saturated carbocycles. The minimum atomic E-state index is -0.228. The summed E-state index contributed by atoms with van der Waals surface area (Å²) < 4.78 is 19.0. The van der Waals surface area contributed by atoms with Crippen molar-refractivity contribution in [3.63, 3.8) is 0 Å². The number of fused-ring (bicyclic) bond motifs is 1. The van der Waals surface area contributed by atoms with E-state index in [9.17, 15) is 4.39 Å². The predicted molar refractivity (Wildman–Crippen MR) is 95.9 cm³/mol. The number of likely N-dealkylation sites (N-methyl/N-ethyl adjacent to an activating group) is 1. The Bertz CT molecular complexity index is 795. The van der Waals surface area contributed by atoms with E-state index in [0.29, 0.717) is 6.61 Å². The first-order chi connectivity index (χ1) is 11.7. The molecular formula is C20H23FN2O. The average molecular weight is 326 g/mol. The first-order valence-corrected chi connectivity index (χ1v) is 8.32. The molecule has 3 aromatic rings. The molecule has 4 heteroatoms. The molecule has 0 aliphatic carbocycles. The van der Waals surface area contributed by atoms with Gasteiger partial charge in [-0.2, -0.15) is 0 Å². The quantitative estimate of drug-likeness (QED) is 0.698. The van der Waals surface area contributed by atoms with Crippen LogP contribution in [0, 0.1) is 5.82 Å². The number of nitrogens with one attached hydrogen (secondary N) is 1. The maximum atomic E-state index is 13.0. The van der Waals surface area contributed by atoms with Crippen molar-refractivity contribution < 1.29 is 9.13 Å². The minimum absolute atomic E-state index is 0.228. The second-order valence-electron chi connectivity index (χ2n) is 6.05. The van der Waals surface area contributed by atoms with Crippen molar-refractivity contribution in [2.75, 3.05) is 20.1 Å². The number of aromatic amines is 1. The highest BCUT2D eigenvalue weighted by molar-refractivity contribution is 5.89. The number of aromatic nitrogens is 1. The van der Waals surface area contributed by atoms with Crippen molar-refractivity contribution in [3.05, 3.63) is 65.6 Å². The molecule has 24 heavy (non-hydrogen) atoms. The molecule has 0 unspecified atom stereocenters. The number of hydrogen-bond acceptors (Lipinski definition) is 2. The molecule has 1 N–H and O–H groups in total. The van der Waals surface area contributed by atoms with Gasteiger partial charge in [-0.25, -0.2) is 4.39 Å². The Morgan fingerprint density at radius 3 is 2.67 bits per heavy atom. The smallest absolute Gasteiger partial charge is 0.129 e. The molecule has 3 nitrogen and oxygen atoms in total. The summed E-state index contributed by atoms with van der Waals surface area (Å²) >= 11 is 0. The maximum Gasteiger partial charge on any atom is 0.129 e. The third kappa shape index (κ3) is 3.77. The number of rotatable bonds is 7. The van der Waals surface area contributed by atoms with E-state index in [0.717, 1.165) is 41.7 Å². The monoisotopic (exact) mass is 326 g/mol. The predicted octanol–water partition coefficient (Wildman–Crippen LogP) is 4.38. The molecule has 1 heterocycles. The molecule has 0 aliphatic rings. The van der Waals surface area contributed by atoms with Crippen LogP contribution in [0.15, 0.2) is 48.7 Å². The van der Waals surface area contributed by atoms with Crippen LogP contribution in [0.2, 0.25) is 0 Å². The van der Waals surface area contributed by atoms with Crippen LogP contribution in [0.1, 0.15) is 18.1 Å². The summed E-state index contributed by atoms with van der Waals surface area (Å²) in [5.41, 5.74) is 3.30. The summed E-state index contributed by atoms with van der Waals surface area (Å²) in [4.78, 5) is 5.62. The standard InChI is InChI=1S/C20H23FN2O/c1-3-23(2)12-11-16-13-22-18-5-4-6-19(20(16)18)24-14-15-7-9-17(21)10-8-15/h4-10,13,22H,3,11-12,14H2,1-2H3. The zero-order chi connectivity index (χ0) is 16.9. The van der Waals surface area contributed by atoms with Gasteiger partial charge in [-0.1, -0.05) is 25.1 Å². The van der Waals surface area contributed by atoms with Gasteiger partial charge in [-0.15, -0.1) is 0 Å². The summed E-state index contributed by atoms with van der Waals surface area (Å²) in [7, 11) is 2.13. The highest BCUT2D eigenvalue weighted by Gasteiger charge is 2.10. The topological polar surface area (TPSA) is 28.3 Å². The van der Waals surface area contributed by atoms with Crippen molar-refractivity contribution >= 4 is 10.9 Å². The van der Waals surface area contributed by atoms with Crippen LogP contribution in [0.5, 0.6) is 5.75 Å². The molecule has 0 fully saturated rings. The van der Waals surface area contributed by atoms with Crippen LogP contribution in [0.4, 0.5) is 4.39 Å². The average Bonchev–Trinajstić information content (AvgIpc) is 3.03. The molecule has 2 aromatic carbocycles. The van der Waals surface area contributed by atoms with E-state index in [2.05, 4.69) is 36.1 Å². The van der Waals surface area contributed by atoms with Crippen LogP contribution in [-0.2, 0) is 13.0 Å². The molecule has 0 amide bonds. The van der Waals surface area contributed by atoms with Gasteiger partial charge >= 0.3 is 0 Å². The first kappa shape index (κ1) is 16.5. The minimum Gasteiger partial charge on any atom is -0.488 e. The van der Waals surface area contributed by atoms with Gasteiger partial charge in [0.15, 0.2) is 0 Å². The van der Waals surface area contributed by atoms with Gasteiger partial charge in [0, 0.05) is 23.6 Å². The molecule has 0 radical (unpaired) electrons. The summed E-state index contributed by atoms with van der Waals surface area (Å²) in [5.74, 6) is 0.640. The SMILES string of the molecule is CCN(C)CCc1c[nH]c2cccc(OCc3ccc(F)cc3)c12. The zero-order valence-corrected chi connectivity index (χ0v) is 14.2. The fraction of sp³-hybridized carbons (Fsp3) is 0.300. The van der Waals surface area contributed by atoms with Gasteiger partial charge in [0.25, 0.3) is 0 Å². The van der Waals surface area contributed by atoms with E-state index in [1.807, 2.05) is 12.1 Å².